The third kappa shape index (κ3) is 2.51. The zero-order chi connectivity index (χ0) is 10.8. The van der Waals surface area contributed by atoms with E-state index in [1.165, 1.54) is 12.8 Å². The van der Waals surface area contributed by atoms with Gasteiger partial charge < -0.3 is 4.90 Å². The van der Waals surface area contributed by atoms with E-state index in [1.807, 2.05) is 11.8 Å². The molecule has 0 aromatic carbocycles. The lowest BCUT2D eigenvalue weighted by atomic mass is 10.1. The normalized spacial score (nSPS) is 25.3. The van der Waals surface area contributed by atoms with Gasteiger partial charge >= 0.3 is 0 Å². The van der Waals surface area contributed by atoms with E-state index in [1.54, 1.807) is 0 Å². The van der Waals surface area contributed by atoms with Crippen LogP contribution in [0.15, 0.2) is 0 Å². The number of piperazine rings is 1. The largest absolute Gasteiger partial charge is 0.340 e. The summed E-state index contributed by atoms with van der Waals surface area (Å²) in [5, 5.41) is 0. The molecule has 0 radical (unpaired) electrons. The van der Waals surface area contributed by atoms with Crippen molar-refractivity contribution in [2.75, 3.05) is 26.2 Å². The van der Waals surface area contributed by atoms with Crippen LogP contribution in [0.4, 0.5) is 0 Å². The maximum absolute atomic E-state index is 11.5. The van der Waals surface area contributed by atoms with Crippen molar-refractivity contribution in [3.63, 3.8) is 0 Å². The minimum Gasteiger partial charge on any atom is -0.340 e. The molecule has 0 N–H and O–H groups in total. The zero-order valence-electron chi connectivity index (χ0n) is 9.91. The van der Waals surface area contributed by atoms with Gasteiger partial charge in [-0.15, -0.1) is 0 Å². The highest BCUT2D eigenvalue weighted by atomic mass is 16.2. The molecule has 1 saturated heterocycles. The molecule has 0 aromatic rings. The molecule has 3 heteroatoms. The van der Waals surface area contributed by atoms with Gasteiger partial charge in [0.15, 0.2) is 0 Å². The number of carbonyl (C=O) groups is 1. The van der Waals surface area contributed by atoms with Crippen molar-refractivity contribution < 1.29 is 4.79 Å². The van der Waals surface area contributed by atoms with Crippen LogP contribution in [-0.2, 0) is 4.79 Å². The molecule has 1 aliphatic carbocycles. The quantitative estimate of drug-likeness (QED) is 0.702. The van der Waals surface area contributed by atoms with Crippen molar-refractivity contribution in [2.24, 2.45) is 5.92 Å². The van der Waals surface area contributed by atoms with Crippen molar-refractivity contribution in [2.45, 2.75) is 39.2 Å². The molecule has 2 aliphatic rings. The van der Waals surface area contributed by atoms with Crippen molar-refractivity contribution in [1.29, 1.82) is 0 Å². The number of carbonyl (C=O) groups excluding carboxylic acids is 1. The highest BCUT2D eigenvalue weighted by molar-refractivity contribution is 5.75. The topological polar surface area (TPSA) is 23.6 Å². The van der Waals surface area contributed by atoms with E-state index in [2.05, 4.69) is 11.8 Å². The van der Waals surface area contributed by atoms with Gasteiger partial charge in [-0.25, -0.2) is 0 Å². The molecule has 0 bridgehead atoms. The lowest BCUT2D eigenvalue weighted by Crippen LogP contribution is -2.51. The summed E-state index contributed by atoms with van der Waals surface area (Å²) in [6.45, 7) is 8.30. The Bertz CT molecular complexity index is 230. The summed E-state index contributed by atoms with van der Waals surface area (Å²) < 4.78 is 0. The Kier molecular flexibility index (Phi) is 3.29. The minimum atomic E-state index is 0.314. The van der Waals surface area contributed by atoms with Gasteiger partial charge in [-0.1, -0.05) is 6.92 Å². The molecule has 86 valence electrons. The number of amides is 1. The maximum atomic E-state index is 11.5. The van der Waals surface area contributed by atoms with E-state index in [4.69, 9.17) is 0 Å². The van der Waals surface area contributed by atoms with Crippen LogP contribution in [-0.4, -0.2) is 47.9 Å². The van der Waals surface area contributed by atoms with E-state index in [9.17, 15) is 4.79 Å². The number of rotatable bonds is 3. The zero-order valence-corrected chi connectivity index (χ0v) is 9.91. The summed E-state index contributed by atoms with van der Waals surface area (Å²) in [6.07, 6.45) is 3.47. The average Bonchev–Trinajstić information content (AvgIpc) is 3.11. The van der Waals surface area contributed by atoms with E-state index < -0.39 is 0 Å². The molecule has 15 heavy (non-hydrogen) atoms. The first-order chi connectivity index (χ1) is 7.22. The fraction of sp³-hybridized carbons (Fsp3) is 0.917. The Labute approximate surface area is 92.4 Å². The summed E-state index contributed by atoms with van der Waals surface area (Å²) >= 11 is 0. The molecular weight excluding hydrogens is 188 g/mol. The Morgan fingerprint density at radius 2 is 1.87 bits per heavy atom. The number of nitrogens with zero attached hydrogens (tertiary/aromatic N) is 2. The molecule has 3 nitrogen and oxygen atoms in total. The van der Waals surface area contributed by atoms with E-state index in [-0.39, 0.29) is 0 Å². The maximum Gasteiger partial charge on any atom is 0.222 e. The number of hydrogen-bond acceptors (Lipinski definition) is 2. The van der Waals surface area contributed by atoms with Crippen molar-refractivity contribution in [1.82, 2.24) is 9.80 Å². The monoisotopic (exact) mass is 210 g/mol. The van der Waals surface area contributed by atoms with Crippen molar-refractivity contribution in [3.05, 3.63) is 0 Å². The second kappa shape index (κ2) is 4.52. The second-order valence-corrected chi connectivity index (χ2v) is 4.85. The standard InChI is InChI=1S/C12H22N2O/c1-3-12(15)14-8-6-13(7-9-14)10(2)11-4-5-11/h10-11H,3-9H2,1-2H3. The Balaban J connectivity index is 1.78. The van der Waals surface area contributed by atoms with Gasteiger partial charge in [0, 0.05) is 38.6 Å². The van der Waals surface area contributed by atoms with Crippen LogP contribution in [0.3, 0.4) is 0 Å². The van der Waals surface area contributed by atoms with Gasteiger partial charge in [-0.05, 0) is 25.7 Å². The summed E-state index contributed by atoms with van der Waals surface area (Å²) in [5.74, 6) is 1.26. The van der Waals surface area contributed by atoms with Crippen molar-refractivity contribution >= 4 is 5.91 Å². The van der Waals surface area contributed by atoms with Gasteiger partial charge in [0.25, 0.3) is 0 Å². The lowest BCUT2D eigenvalue weighted by Gasteiger charge is -2.38. The predicted molar refractivity (Wildman–Crippen MR) is 60.6 cm³/mol. The predicted octanol–water partition coefficient (Wildman–Crippen LogP) is 1.34. The van der Waals surface area contributed by atoms with Gasteiger partial charge in [0.05, 0.1) is 0 Å². The van der Waals surface area contributed by atoms with Crippen molar-refractivity contribution in [3.8, 4) is 0 Å². The highest BCUT2D eigenvalue weighted by Crippen LogP contribution is 2.35. The van der Waals surface area contributed by atoms with Crippen LogP contribution in [0, 0.1) is 5.92 Å². The van der Waals surface area contributed by atoms with Crippen LogP contribution in [0.25, 0.3) is 0 Å². The first-order valence-corrected chi connectivity index (χ1v) is 6.24. The molecule has 0 aromatic heterocycles. The fourth-order valence-corrected chi connectivity index (χ4v) is 2.48. The SMILES string of the molecule is CCC(=O)N1CCN(C(C)C2CC2)CC1. The minimum absolute atomic E-state index is 0.314. The molecular formula is C12H22N2O. The molecule has 2 fully saturated rings. The third-order valence-corrected chi connectivity index (χ3v) is 3.85. The van der Waals surface area contributed by atoms with Crippen LogP contribution in [0.5, 0.6) is 0 Å². The molecule has 1 unspecified atom stereocenters. The van der Waals surface area contributed by atoms with Crippen LogP contribution in [0.2, 0.25) is 0 Å². The van der Waals surface area contributed by atoms with E-state index in [0.29, 0.717) is 12.3 Å². The molecule has 1 saturated carbocycles. The molecule has 1 heterocycles. The highest BCUT2D eigenvalue weighted by Gasteiger charge is 2.33. The fourth-order valence-electron chi connectivity index (χ4n) is 2.48. The smallest absolute Gasteiger partial charge is 0.222 e. The van der Waals surface area contributed by atoms with Crippen LogP contribution >= 0.6 is 0 Å². The first-order valence-electron chi connectivity index (χ1n) is 6.24. The van der Waals surface area contributed by atoms with Gasteiger partial charge in [0.1, 0.15) is 0 Å². The van der Waals surface area contributed by atoms with Gasteiger partial charge in [-0.3, -0.25) is 9.69 Å². The average molecular weight is 210 g/mol. The van der Waals surface area contributed by atoms with Crippen LogP contribution < -0.4 is 0 Å². The first kappa shape index (κ1) is 10.9. The third-order valence-electron chi connectivity index (χ3n) is 3.85. The molecule has 0 spiro atoms. The molecule has 2 rings (SSSR count). The summed E-state index contributed by atoms with van der Waals surface area (Å²) in [4.78, 5) is 16.1. The van der Waals surface area contributed by atoms with Gasteiger partial charge in [-0.2, -0.15) is 0 Å². The molecule has 1 atom stereocenters. The second-order valence-electron chi connectivity index (χ2n) is 4.85. The van der Waals surface area contributed by atoms with Crippen LogP contribution in [0.1, 0.15) is 33.1 Å². The van der Waals surface area contributed by atoms with Gasteiger partial charge in [0.2, 0.25) is 5.91 Å². The van der Waals surface area contributed by atoms with E-state index >= 15 is 0 Å². The summed E-state index contributed by atoms with van der Waals surface area (Å²) in [6, 6.07) is 0.740. The molecule has 1 aliphatic heterocycles. The Morgan fingerprint density at radius 3 is 2.33 bits per heavy atom. The Hall–Kier alpha value is -0.570. The molecule has 1 amide bonds. The summed E-state index contributed by atoms with van der Waals surface area (Å²) in [5.41, 5.74) is 0. The lowest BCUT2D eigenvalue weighted by molar-refractivity contribution is -0.132. The Morgan fingerprint density at radius 1 is 1.27 bits per heavy atom. The van der Waals surface area contributed by atoms with E-state index in [0.717, 1.165) is 38.1 Å². The number of hydrogen-bond donors (Lipinski definition) is 0. The summed E-state index contributed by atoms with van der Waals surface area (Å²) in [7, 11) is 0.